The maximum Gasteiger partial charge on any atom is 0.280 e. The van der Waals surface area contributed by atoms with Gasteiger partial charge in [0.15, 0.2) is 0 Å². The van der Waals surface area contributed by atoms with Gasteiger partial charge in [-0.05, 0) is 19.4 Å². The Morgan fingerprint density at radius 3 is 2.89 bits per heavy atom. The monoisotopic (exact) mass is 263 g/mol. The van der Waals surface area contributed by atoms with Crippen LogP contribution in [-0.2, 0) is 6.42 Å². The second-order valence-corrected chi connectivity index (χ2v) is 4.17. The van der Waals surface area contributed by atoms with E-state index in [4.69, 9.17) is 4.52 Å². The minimum Gasteiger partial charge on any atom is -0.393 e. The topological polar surface area (TPSA) is 102 Å². The number of rotatable bonds is 5. The first kappa shape index (κ1) is 13.2. The van der Waals surface area contributed by atoms with Gasteiger partial charge < -0.3 is 9.63 Å². The fraction of sp³-hybridized carbons (Fsp3) is 0.333. The molecule has 1 heterocycles. The van der Waals surface area contributed by atoms with Gasteiger partial charge in [0, 0.05) is 12.5 Å². The maximum absolute atomic E-state index is 10.9. The van der Waals surface area contributed by atoms with E-state index in [1.54, 1.807) is 25.1 Å². The molecule has 0 spiro atoms. The van der Waals surface area contributed by atoms with Crippen molar-refractivity contribution in [3.05, 3.63) is 40.3 Å². The summed E-state index contributed by atoms with van der Waals surface area (Å²) in [6.07, 6.45) is 0.477. The van der Waals surface area contributed by atoms with E-state index in [-0.39, 0.29) is 11.5 Å². The van der Waals surface area contributed by atoms with Crippen molar-refractivity contribution in [1.29, 1.82) is 0 Å². The molecule has 1 aromatic carbocycles. The van der Waals surface area contributed by atoms with Gasteiger partial charge in [0.2, 0.25) is 11.7 Å². The van der Waals surface area contributed by atoms with Crippen molar-refractivity contribution in [3.8, 4) is 11.4 Å². The molecule has 1 N–H and O–H groups in total. The fourth-order valence-electron chi connectivity index (χ4n) is 1.62. The lowest BCUT2D eigenvalue weighted by molar-refractivity contribution is -0.384. The number of aliphatic hydroxyl groups is 1. The van der Waals surface area contributed by atoms with Crippen LogP contribution in [0.3, 0.4) is 0 Å². The molecule has 0 radical (unpaired) electrons. The van der Waals surface area contributed by atoms with Gasteiger partial charge in [0.25, 0.3) is 5.69 Å². The highest BCUT2D eigenvalue weighted by atomic mass is 16.6. The number of benzene rings is 1. The van der Waals surface area contributed by atoms with Crippen LogP contribution in [0.4, 0.5) is 5.69 Å². The summed E-state index contributed by atoms with van der Waals surface area (Å²) in [4.78, 5) is 14.5. The van der Waals surface area contributed by atoms with E-state index in [0.29, 0.717) is 24.3 Å². The quantitative estimate of drug-likeness (QED) is 0.653. The van der Waals surface area contributed by atoms with Crippen LogP contribution in [0.25, 0.3) is 11.4 Å². The van der Waals surface area contributed by atoms with Gasteiger partial charge >= 0.3 is 0 Å². The molecule has 7 heteroatoms. The molecule has 7 nitrogen and oxygen atoms in total. The SMILES string of the molecule is CC(O)CCc1nc(-c2ccccc2[N+](=O)[O-])no1. The largest absolute Gasteiger partial charge is 0.393 e. The Bertz CT molecular complexity index is 580. The molecule has 1 aromatic heterocycles. The van der Waals surface area contributed by atoms with Crippen LogP contribution in [0, 0.1) is 10.1 Å². The second-order valence-electron chi connectivity index (χ2n) is 4.17. The number of hydrogen-bond donors (Lipinski definition) is 1. The molecule has 0 aliphatic heterocycles. The third-order valence-corrected chi connectivity index (χ3v) is 2.59. The summed E-state index contributed by atoms with van der Waals surface area (Å²) < 4.78 is 5.01. The van der Waals surface area contributed by atoms with Crippen LogP contribution in [-0.4, -0.2) is 26.3 Å². The number of aromatic nitrogens is 2. The molecule has 0 bridgehead atoms. The van der Waals surface area contributed by atoms with E-state index in [1.165, 1.54) is 6.07 Å². The van der Waals surface area contributed by atoms with Gasteiger partial charge in [0.1, 0.15) is 5.56 Å². The van der Waals surface area contributed by atoms with Gasteiger partial charge in [-0.2, -0.15) is 4.98 Å². The lowest BCUT2D eigenvalue weighted by atomic mass is 10.1. The molecular weight excluding hydrogens is 250 g/mol. The number of nitro groups is 1. The first-order valence-corrected chi connectivity index (χ1v) is 5.82. The van der Waals surface area contributed by atoms with E-state index in [1.807, 2.05) is 0 Å². The molecule has 0 aliphatic rings. The van der Waals surface area contributed by atoms with Gasteiger partial charge in [-0.25, -0.2) is 0 Å². The molecule has 2 rings (SSSR count). The predicted molar refractivity (Wildman–Crippen MR) is 66.4 cm³/mol. The van der Waals surface area contributed by atoms with Gasteiger partial charge in [-0.3, -0.25) is 10.1 Å². The molecule has 0 amide bonds. The standard InChI is InChI=1S/C12H13N3O4/c1-8(16)6-7-11-13-12(14-19-11)9-4-2-3-5-10(9)15(17)18/h2-5,8,16H,6-7H2,1H3. The Balaban J connectivity index is 2.25. The van der Waals surface area contributed by atoms with Crippen molar-refractivity contribution < 1.29 is 14.6 Å². The first-order valence-electron chi connectivity index (χ1n) is 5.82. The van der Waals surface area contributed by atoms with E-state index >= 15 is 0 Å². The Morgan fingerprint density at radius 1 is 1.47 bits per heavy atom. The zero-order valence-corrected chi connectivity index (χ0v) is 10.3. The Morgan fingerprint density at radius 2 is 2.21 bits per heavy atom. The van der Waals surface area contributed by atoms with Crippen LogP contribution in [0.15, 0.2) is 28.8 Å². The highest BCUT2D eigenvalue weighted by Gasteiger charge is 2.19. The summed E-state index contributed by atoms with van der Waals surface area (Å²) in [7, 11) is 0. The summed E-state index contributed by atoms with van der Waals surface area (Å²) in [6, 6.07) is 6.22. The van der Waals surface area contributed by atoms with Gasteiger partial charge in [-0.1, -0.05) is 17.3 Å². The molecular formula is C12H13N3O4. The fourth-order valence-corrected chi connectivity index (χ4v) is 1.62. The van der Waals surface area contributed by atoms with Crippen molar-refractivity contribution in [2.75, 3.05) is 0 Å². The minimum absolute atomic E-state index is 0.0645. The lowest BCUT2D eigenvalue weighted by Crippen LogP contribution is -2.01. The zero-order chi connectivity index (χ0) is 13.8. The number of hydrogen-bond acceptors (Lipinski definition) is 6. The van der Waals surface area contributed by atoms with Crippen LogP contribution >= 0.6 is 0 Å². The number of aliphatic hydroxyl groups excluding tert-OH is 1. The molecule has 0 fully saturated rings. The van der Waals surface area contributed by atoms with Crippen LogP contribution < -0.4 is 0 Å². The van der Waals surface area contributed by atoms with Crippen LogP contribution in [0.1, 0.15) is 19.2 Å². The molecule has 0 aliphatic carbocycles. The third-order valence-electron chi connectivity index (χ3n) is 2.59. The predicted octanol–water partition coefficient (Wildman–Crippen LogP) is 1.96. The summed E-state index contributed by atoms with van der Waals surface area (Å²) in [5.41, 5.74) is 0.255. The number of nitro benzene ring substituents is 1. The Hall–Kier alpha value is -2.28. The van der Waals surface area contributed by atoms with Gasteiger partial charge in [0.05, 0.1) is 11.0 Å². The molecule has 0 saturated heterocycles. The maximum atomic E-state index is 10.9. The van der Waals surface area contributed by atoms with E-state index in [9.17, 15) is 15.2 Å². The highest BCUT2D eigenvalue weighted by Crippen LogP contribution is 2.27. The summed E-state index contributed by atoms with van der Waals surface area (Å²) in [6.45, 7) is 1.67. The summed E-state index contributed by atoms with van der Waals surface area (Å²) in [5.74, 6) is 0.543. The summed E-state index contributed by atoms with van der Waals surface area (Å²) in [5, 5.41) is 23.8. The van der Waals surface area contributed by atoms with Crippen molar-refractivity contribution in [3.63, 3.8) is 0 Å². The first-order chi connectivity index (χ1) is 9.08. The van der Waals surface area contributed by atoms with Gasteiger partial charge in [-0.15, -0.1) is 0 Å². The highest BCUT2D eigenvalue weighted by molar-refractivity contribution is 5.67. The average molecular weight is 263 g/mol. The smallest absolute Gasteiger partial charge is 0.280 e. The Kier molecular flexibility index (Phi) is 3.86. The minimum atomic E-state index is -0.485. The molecule has 0 saturated carbocycles. The number of aryl methyl sites for hydroxylation is 1. The van der Waals surface area contributed by atoms with E-state index in [0.717, 1.165) is 0 Å². The lowest BCUT2D eigenvalue weighted by Gasteiger charge is -1.98. The zero-order valence-electron chi connectivity index (χ0n) is 10.3. The van der Waals surface area contributed by atoms with Crippen molar-refractivity contribution in [1.82, 2.24) is 10.1 Å². The van der Waals surface area contributed by atoms with Crippen molar-refractivity contribution in [2.24, 2.45) is 0 Å². The molecule has 1 atom stereocenters. The second kappa shape index (κ2) is 5.57. The molecule has 19 heavy (non-hydrogen) atoms. The summed E-state index contributed by atoms with van der Waals surface area (Å²) >= 11 is 0. The van der Waals surface area contributed by atoms with Crippen molar-refractivity contribution in [2.45, 2.75) is 25.9 Å². The van der Waals surface area contributed by atoms with Crippen LogP contribution in [0.5, 0.6) is 0 Å². The van der Waals surface area contributed by atoms with E-state index < -0.39 is 11.0 Å². The number of nitrogens with zero attached hydrogens (tertiary/aromatic N) is 3. The van der Waals surface area contributed by atoms with Crippen molar-refractivity contribution >= 4 is 5.69 Å². The molecule has 2 aromatic rings. The average Bonchev–Trinajstić information content (AvgIpc) is 2.85. The number of para-hydroxylation sites is 1. The Labute approximate surface area is 109 Å². The third kappa shape index (κ3) is 3.14. The van der Waals surface area contributed by atoms with Crippen LogP contribution in [0.2, 0.25) is 0 Å². The molecule has 1 unspecified atom stereocenters. The normalized spacial score (nSPS) is 12.3. The molecule has 100 valence electrons. The van der Waals surface area contributed by atoms with E-state index in [2.05, 4.69) is 10.1 Å².